The number of nitrogens with zero attached hydrogens (tertiary/aromatic N) is 4. The van der Waals surface area contributed by atoms with Crippen molar-refractivity contribution in [3.8, 4) is 6.07 Å². The van der Waals surface area contributed by atoms with Gasteiger partial charge in [0, 0.05) is 44.5 Å². The van der Waals surface area contributed by atoms with Crippen LogP contribution in [-0.2, 0) is 11.3 Å². The molecule has 6 heteroatoms. The smallest absolute Gasteiger partial charge is 0.320 e. The second-order valence-electron chi connectivity index (χ2n) is 4.95. The molecule has 1 aromatic rings. The standard InChI is InChI=1S/C14H18N4O2/c1-11(14(19)20)18-7-5-17(6-8-18)10-12-3-2-4-16-13(12)9-15/h2-4,11H,5-8,10H2,1H3,(H,19,20). The van der Waals surface area contributed by atoms with Crippen LogP contribution in [0.3, 0.4) is 0 Å². The third-order valence-corrected chi connectivity index (χ3v) is 3.70. The van der Waals surface area contributed by atoms with Crippen molar-refractivity contribution in [2.45, 2.75) is 19.5 Å². The third kappa shape index (κ3) is 3.32. The van der Waals surface area contributed by atoms with Gasteiger partial charge in [-0.05, 0) is 13.0 Å². The maximum atomic E-state index is 11.0. The van der Waals surface area contributed by atoms with Crippen LogP contribution in [0.1, 0.15) is 18.2 Å². The molecule has 2 rings (SSSR count). The number of piperazine rings is 1. The van der Waals surface area contributed by atoms with Crippen LogP contribution in [-0.4, -0.2) is 58.1 Å². The van der Waals surface area contributed by atoms with Gasteiger partial charge in [0.15, 0.2) is 0 Å². The molecule has 0 bridgehead atoms. The van der Waals surface area contributed by atoms with Crippen LogP contribution in [0.4, 0.5) is 0 Å². The van der Waals surface area contributed by atoms with Gasteiger partial charge in [-0.25, -0.2) is 4.98 Å². The number of hydrogen-bond donors (Lipinski definition) is 1. The van der Waals surface area contributed by atoms with Gasteiger partial charge in [-0.1, -0.05) is 6.07 Å². The number of carboxylic acid groups (broad SMARTS) is 1. The fourth-order valence-electron chi connectivity index (χ4n) is 2.37. The van der Waals surface area contributed by atoms with Crippen molar-refractivity contribution in [3.05, 3.63) is 29.6 Å². The van der Waals surface area contributed by atoms with E-state index in [4.69, 9.17) is 10.4 Å². The second kappa shape index (κ2) is 6.46. The highest BCUT2D eigenvalue weighted by molar-refractivity contribution is 5.72. The van der Waals surface area contributed by atoms with Crippen molar-refractivity contribution in [2.24, 2.45) is 0 Å². The summed E-state index contributed by atoms with van der Waals surface area (Å²) in [6, 6.07) is 5.41. The maximum absolute atomic E-state index is 11.0. The molecule has 6 nitrogen and oxygen atoms in total. The fraction of sp³-hybridized carbons (Fsp3) is 0.500. The molecule has 106 valence electrons. The number of hydrogen-bond acceptors (Lipinski definition) is 5. The summed E-state index contributed by atoms with van der Waals surface area (Å²) in [6.07, 6.45) is 1.62. The first-order valence-corrected chi connectivity index (χ1v) is 6.65. The quantitative estimate of drug-likeness (QED) is 0.863. The molecular weight excluding hydrogens is 256 g/mol. The first kappa shape index (κ1) is 14.4. The lowest BCUT2D eigenvalue weighted by Crippen LogP contribution is -2.51. The van der Waals surface area contributed by atoms with Gasteiger partial charge >= 0.3 is 5.97 Å². The van der Waals surface area contributed by atoms with Crippen LogP contribution < -0.4 is 0 Å². The van der Waals surface area contributed by atoms with Crippen LogP contribution in [0.15, 0.2) is 18.3 Å². The van der Waals surface area contributed by atoms with Gasteiger partial charge in [0.05, 0.1) is 0 Å². The predicted molar refractivity (Wildman–Crippen MR) is 72.9 cm³/mol. The summed E-state index contributed by atoms with van der Waals surface area (Å²) in [5.41, 5.74) is 1.39. The number of aliphatic carboxylic acids is 1. The minimum absolute atomic E-state index is 0.440. The van der Waals surface area contributed by atoms with E-state index < -0.39 is 12.0 Å². The monoisotopic (exact) mass is 274 g/mol. The molecule has 2 heterocycles. The van der Waals surface area contributed by atoms with Gasteiger partial charge in [0.25, 0.3) is 0 Å². The Bertz CT molecular complexity index is 518. The lowest BCUT2D eigenvalue weighted by molar-refractivity contribution is -0.143. The summed E-state index contributed by atoms with van der Waals surface area (Å²) in [4.78, 5) is 19.2. The van der Waals surface area contributed by atoms with E-state index in [1.54, 1.807) is 13.1 Å². The summed E-state index contributed by atoms with van der Waals surface area (Å²) in [5, 5.41) is 18.0. The molecule has 1 N–H and O–H groups in total. The Hall–Kier alpha value is -1.97. The Morgan fingerprint density at radius 3 is 2.80 bits per heavy atom. The molecular formula is C14H18N4O2. The molecule has 1 aliphatic rings. The molecule has 1 saturated heterocycles. The predicted octanol–water partition coefficient (Wildman–Crippen LogP) is 0.544. The number of carbonyl (C=O) groups is 1. The van der Waals surface area contributed by atoms with Gasteiger partial charge in [-0.3, -0.25) is 14.6 Å². The van der Waals surface area contributed by atoms with Gasteiger partial charge in [0.1, 0.15) is 17.8 Å². The largest absolute Gasteiger partial charge is 0.480 e. The number of carboxylic acids is 1. The van der Waals surface area contributed by atoms with E-state index in [9.17, 15) is 4.79 Å². The number of rotatable bonds is 4. The lowest BCUT2D eigenvalue weighted by Gasteiger charge is -2.36. The fourth-order valence-corrected chi connectivity index (χ4v) is 2.37. The summed E-state index contributed by atoms with van der Waals surface area (Å²) in [6.45, 7) is 5.47. The number of nitriles is 1. The van der Waals surface area contributed by atoms with Crippen molar-refractivity contribution in [1.82, 2.24) is 14.8 Å². The Morgan fingerprint density at radius 2 is 2.20 bits per heavy atom. The molecule has 1 aliphatic heterocycles. The Labute approximate surface area is 118 Å². The van der Waals surface area contributed by atoms with Gasteiger partial charge in [0.2, 0.25) is 0 Å². The molecule has 0 amide bonds. The summed E-state index contributed by atoms with van der Waals surface area (Å²) < 4.78 is 0. The average molecular weight is 274 g/mol. The van der Waals surface area contributed by atoms with Gasteiger partial charge in [-0.15, -0.1) is 0 Å². The molecule has 1 aromatic heterocycles. The minimum atomic E-state index is -0.780. The number of aromatic nitrogens is 1. The van der Waals surface area contributed by atoms with Crippen LogP contribution in [0.5, 0.6) is 0 Å². The van der Waals surface area contributed by atoms with Crippen molar-refractivity contribution >= 4 is 5.97 Å². The number of pyridine rings is 1. The molecule has 1 unspecified atom stereocenters. The molecule has 0 radical (unpaired) electrons. The summed E-state index contributed by atoms with van der Waals surface area (Å²) >= 11 is 0. The van der Waals surface area contributed by atoms with E-state index in [0.717, 1.165) is 31.7 Å². The Morgan fingerprint density at radius 1 is 1.50 bits per heavy atom. The highest BCUT2D eigenvalue weighted by Gasteiger charge is 2.25. The Kier molecular flexibility index (Phi) is 4.66. The molecule has 1 fully saturated rings. The SMILES string of the molecule is CC(C(=O)O)N1CCN(Cc2cccnc2C#N)CC1. The van der Waals surface area contributed by atoms with E-state index in [2.05, 4.69) is 16.0 Å². The van der Waals surface area contributed by atoms with Crippen LogP contribution in [0, 0.1) is 11.3 Å². The minimum Gasteiger partial charge on any atom is -0.480 e. The van der Waals surface area contributed by atoms with Crippen molar-refractivity contribution in [1.29, 1.82) is 5.26 Å². The zero-order chi connectivity index (χ0) is 14.5. The van der Waals surface area contributed by atoms with Crippen molar-refractivity contribution < 1.29 is 9.90 Å². The van der Waals surface area contributed by atoms with E-state index in [0.29, 0.717) is 12.2 Å². The van der Waals surface area contributed by atoms with Crippen LogP contribution in [0.2, 0.25) is 0 Å². The highest BCUT2D eigenvalue weighted by atomic mass is 16.4. The first-order valence-electron chi connectivity index (χ1n) is 6.65. The summed E-state index contributed by atoms with van der Waals surface area (Å²) in [5.74, 6) is -0.780. The maximum Gasteiger partial charge on any atom is 0.320 e. The summed E-state index contributed by atoms with van der Waals surface area (Å²) in [7, 11) is 0. The first-order chi connectivity index (χ1) is 9.61. The lowest BCUT2D eigenvalue weighted by atomic mass is 10.1. The average Bonchev–Trinajstić information content (AvgIpc) is 2.48. The van der Waals surface area contributed by atoms with Gasteiger partial charge in [-0.2, -0.15) is 5.26 Å². The zero-order valence-electron chi connectivity index (χ0n) is 11.5. The Balaban J connectivity index is 1.92. The highest BCUT2D eigenvalue weighted by Crippen LogP contribution is 2.12. The van der Waals surface area contributed by atoms with Gasteiger partial charge < -0.3 is 5.11 Å². The molecule has 0 aliphatic carbocycles. The molecule has 1 atom stereocenters. The van der Waals surface area contributed by atoms with Crippen molar-refractivity contribution in [2.75, 3.05) is 26.2 Å². The molecule has 0 spiro atoms. The molecule has 0 aromatic carbocycles. The third-order valence-electron chi connectivity index (χ3n) is 3.70. The molecule has 20 heavy (non-hydrogen) atoms. The molecule has 0 saturated carbocycles. The zero-order valence-corrected chi connectivity index (χ0v) is 11.5. The topological polar surface area (TPSA) is 80.5 Å². The second-order valence-corrected chi connectivity index (χ2v) is 4.95. The van der Waals surface area contributed by atoms with E-state index in [-0.39, 0.29) is 0 Å². The normalized spacial score (nSPS) is 18.4. The van der Waals surface area contributed by atoms with E-state index in [1.807, 2.05) is 17.0 Å². The van der Waals surface area contributed by atoms with E-state index in [1.165, 1.54) is 0 Å². The van der Waals surface area contributed by atoms with E-state index >= 15 is 0 Å². The van der Waals surface area contributed by atoms with Crippen LogP contribution >= 0.6 is 0 Å². The van der Waals surface area contributed by atoms with Crippen LogP contribution in [0.25, 0.3) is 0 Å². The van der Waals surface area contributed by atoms with Crippen molar-refractivity contribution in [3.63, 3.8) is 0 Å².